The molecular formula is C12H23NO2. The Balaban J connectivity index is 2.61. The second-order valence-electron chi connectivity index (χ2n) is 4.66. The zero-order valence-electron chi connectivity index (χ0n) is 9.96. The number of hydrogen-bond donors (Lipinski definition) is 1. The molecule has 1 N–H and O–H groups in total. The molecule has 0 bridgehead atoms. The van der Waals surface area contributed by atoms with Crippen LogP contribution >= 0.6 is 0 Å². The minimum absolute atomic E-state index is 0.439. The van der Waals surface area contributed by atoms with Gasteiger partial charge in [-0.1, -0.05) is 26.7 Å². The van der Waals surface area contributed by atoms with E-state index in [1.54, 1.807) is 0 Å². The van der Waals surface area contributed by atoms with Gasteiger partial charge in [-0.25, -0.2) is 0 Å². The Morgan fingerprint density at radius 2 is 1.93 bits per heavy atom. The minimum Gasteiger partial charge on any atom is -0.481 e. The van der Waals surface area contributed by atoms with E-state index in [0.717, 1.165) is 51.7 Å². The van der Waals surface area contributed by atoms with Crippen molar-refractivity contribution < 1.29 is 9.90 Å². The van der Waals surface area contributed by atoms with E-state index in [1.807, 2.05) is 0 Å². The van der Waals surface area contributed by atoms with Gasteiger partial charge in [0.05, 0.1) is 5.41 Å². The van der Waals surface area contributed by atoms with Crippen molar-refractivity contribution in [3.63, 3.8) is 0 Å². The average Bonchev–Trinajstić information content (AvgIpc) is 2.67. The fraction of sp³-hybridized carbons (Fsp3) is 0.917. The molecule has 0 unspecified atom stereocenters. The van der Waals surface area contributed by atoms with E-state index in [0.29, 0.717) is 0 Å². The molecule has 1 saturated carbocycles. The topological polar surface area (TPSA) is 40.5 Å². The van der Waals surface area contributed by atoms with E-state index < -0.39 is 11.4 Å². The fourth-order valence-corrected chi connectivity index (χ4v) is 2.58. The molecule has 0 spiro atoms. The second kappa shape index (κ2) is 5.50. The molecule has 88 valence electrons. The molecule has 15 heavy (non-hydrogen) atoms. The van der Waals surface area contributed by atoms with Crippen molar-refractivity contribution in [2.45, 2.75) is 46.0 Å². The summed E-state index contributed by atoms with van der Waals surface area (Å²) in [6.07, 6.45) is 4.99. The lowest BCUT2D eigenvalue weighted by Crippen LogP contribution is -2.41. The van der Waals surface area contributed by atoms with E-state index in [-0.39, 0.29) is 0 Å². The monoisotopic (exact) mass is 213 g/mol. The molecule has 0 heterocycles. The van der Waals surface area contributed by atoms with Gasteiger partial charge in [0.2, 0.25) is 0 Å². The van der Waals surface area contributed by atoms with Crippen molar-refractivity contribution in [2.75, 3.05) is 19.6 Å². The summed E-state index contributed by atoms with van der Waals surface area (Å²) in [7, 11) is 0. The number of aliphatic carboxylic acids is 1. The summed E-state index contributed by atoms with van der Waals surface area (Å²) in [5.41, 5.74) is -0.439. The molecule has 1 fully saturated rings. The molecule has 1 aliphatic carbocycles. The van der Waals surface area contributed by atoms with Gasteiger partial charge in [0, 0.05) is 6.54 Å². The third-order valence-electron chi connectivity index (χ3n) is 3.53. The molecular weight excluding hydrogens is 190 g/mol. The SMILES string of the molecule is CCCN(CC)CC1(C(=O)O)CCCC1. The van der Waals surface area contributed by atoms with Crippen LogP contribution in [0.4, 0.5) is 0 Å². The Bertz CT molecular complexity index is 210. The molecule has 1 aliphatic rings. The Labute approximate surface area is 92.5 Å². The molecule has 0 aromatic heterocycles. The van der Waals surface area contributed by atoms with Crippen LogP contribution in [0.1, 0.15) is 46.0 Å². The summed E-state index contributed by atoms with van der Waals surface area (Å²) >= 11 is 0. The van der Waals surface area contributed by atoms with Crippen LogP contribution in [0.15, 0.2) is 0 Å². The van der Waals surface area contributed by atoms with Gasteiger partial charge in [-0.2, -0.15) is 0 Å². The second-order valence-corrected chi connectivity index (χ2v) is 4.66. The minimum atomic E-state index is -0.588. The third kappa shape index (κ3) is 2.94. The van der Waals surface area contributed by atoms with Gasteiger partial charge >= 0.3 is 5.97 Å². The highest BCUT2D eigenvalue weighted by Crippen LogP contribution is 2.39. The lowest BCUT2D eigenvalue weighted by molar-refractivity contribution is -0.149. The molecule has 0 radical (unpaired) electrons. The summed E-state index contributed by atoms with van der Waals surface area (Å²) in [6.45, 7) is 6.98. The number of hydrogen-bond acceptors (Lipinski definition) is 2. The first-order valence-electron chi connectivity index (χ1n) is 6.10. The van der Waals surface area contributed by atoms with E-state index >= 15 is 0 Å². The van der Waals surface area contributed by atoms with Gasteiger partial charge in [-0.15, -0.1) is 0 Å². The van der Waals surface area contributed by atoms with Gasteiger partial charge in [-0.05, 0) is 32.4 Å². The van der Waals surface area contributed by atoms with Crippen LogP contribution in [-0.4, -0.2) is 35.6 Å². The van der Waals surface area contributed by atoms with Crippen molar-refractivity contribution in [2.24, 2.45) is 5.41 Å². The van der Waals surface area contributed by atoms with E-state index in [1.165, 1.54) is 0 Å². The van der Waals surface area contributed by atoms with Crippen LogP contribution in [0.3, 0.4) is 0 Å². The summed E-state index contributed by atoms with van der Waals surface area (Å²) < 4.78 is 0. The first-order chi connectivity index (χ1) is 7.14. The average molecular weight is 213 g/mol. The van der Waals surface area contributed by atoms with Crippen molar-refractivity contribution in [1.82, 2.24) is 4.90 Å². The summed E-state index contributed by atoms with van der Waals surface area (Å²) in [6, 6.07) is 0. The molecule has 0 atom stereocenters. The van der Waals surface area contributed by atoms with Crippen LogP contribution in [-0.2, 0) is 4.79 Å². The van der Waals surface area contributed by atoms with E-state index in [4.69, 9.17) is 0 Å². The Hall–Kier alpha value is -0.570. The first-order valence-corrected chi connectivity index (χ1v) is 6.10. The first kappa shape index (κ1) is 12.5. The zero-order valence-corrected chi connectivity index (χ0v) is 9.96. The van der Waals surface area contributed by atoms with Crippen LogP contribution in [0.5, 0.6) is 0 Å². The van der Waals surface area contributed by atoms with Gasteiger partial charge < -0.3 is 10.0 Å². The number of nitrogens with zero attached hydrogens (tertiary/aromatic N) is 1. The number of carboxylic acids is 1. The maximum Gasteiger partial charge on any atom is 0.310 e. The molecule has 0 saturated heterocycles. The van der Waals surface area contributed by atoms with E-state index in [9.17, 15) is 9.90 Å². The fourth-order valence-electron chi connectivity index (χ4n) is 2.58. The number of carbonyl (C=O) groups is 1. The third-order valence-corrected chi connectivity index (χ3v) is 3.53. The lowest BCUT2D eigenvalue weighted by Gasteiger charge is -2.31. The number of rotatable bonds is 6. The molecule has 1 rings (SSSR count). The smallest absolute Gasteiger partial charge is 0.310 e. The van der Waals surface area contributed by atoms with Crippen molar-refractivity contribution >= 4 is 5.97 Å². The van der Waals surface area contributed by atoms with E-state index in [2.05, 4.69) is 18.7 Å². The molecule has 0 aromatic carbocycles. The van der Waals surface area contributed by atoms with Crippen LogP contribution in [0, 0.1) is 5.41 Å². The Kier molecular flexibility index (Phi) is 4.58. The number of carboxylic acid groups (broad SMARTS) is 1. The normalized spacial score (nSPS) is 19.7. The predicted molar refractivity (Wildman–Crippen MR) is 60.9 cm³/mol. The van der Waals surface area contributed by atoms with Crippen LogP contribution in [0.25, 0.3) is 0 Å². The predicted octanol–water partition coefficient (Wildman–Crippen LogP) is 2.36. The lowest BCUT2D eigenvalue weighted by atomic mass is 9.85. The maximum atomic E-state index is 11.4. The molecule has 3 heteroatoms. The molecule has 3 nitrogen and oxygen atoms in total. The highest BCUT2D eigenvalue weighted by Gasteiger charge is 2.42. The van der Waals surface area contributed by atoms with Crippen LogP contribution in [0.2, 0.25) is 0 Å². The summed E-state index contributed by atoms with van der Waals surface area (Å²) in [5.74, 6) is -0.588. The zero-order chi connectivity index (χ0) is 11.3. The van der Waals surface area contributed by atoms with Gasteiger partial charge in [-0.3, -0.25) is 4.79 Å². The van der Waals surface area contributed by atoms with Crippen molar-refractivity contribution in [3.8, 4) is 0 Å². The van der Waals surface area contributed by atoms with Crippen molar-refractivity contribution in [3.05, 3.63) is 0 Å². The summed E-state index contributed by atoms with van der Waals surface area (Å²) in [4.78, 5) is 13.6. The highest BCUT2D eigenvalue weighted by atomic mass is 16.4. The highest BCUT2D eigenvalue weighted by molar-refractivity contribution is 5.75. The molecule has 0 aliphatic heterocycles. The van der Waals surface area contributed by atoms with Gasteiger partial charge in [0.1, 0.15) is 0 Å². The van der Waals surface area contributed by atoms with Gasteiger partial charge in [0.15, 0.2) is 0 Å². The van der Waals surface area contributed by atoms with Crippen LogP contribution < -0.4 is 0 Å². The van der Waals surface area contributed by atoms with Crippen molar-refractivity contribution in [1.29, 1.82) is 0 Å². The largest absolute Gasteiger partial charge is 0.481 e. The summed E-state index contributed by atoms with van der Waals surface area (Å²) in [5, 5.41) is 9.35. The van der Waals surface area contributed by atoms with Gasteiger partial charge in [0.25, 0.3) is 0 Å². The quantitative estimate of drug-likeness (QED) is 0.736. The standard InChI is InChI=1S/C12H23NO2/c1-3-9-13(4-2)10-12(11(14)15)7-5-6-8-12/h3-10H2,1-2H3,(H,14,15). The Morgan fingerprint density at radius 3 is 2.33 bits per heavy atom. The molecule has 0 amide bonds. The Morgan fingerprint density at radius 1 is 1.33 bits per heavy atom. The maximum absolute atomic E-state index is 11.4. The molecule has 0 aromatic rings.